The van der Waals surface area contributed by atoms with Crippen LogP contribution in [0, 0.1) is 0 Å². The number of carbonyl (C=O) groups excluding carboxylic acids is 1. The summed E-state index contributed by atoms with van der Waals surface area (Å²) < 4.78 is 7.52. The van der Waals surface area contributed by atoms with Gasteiger partial charge in [-0.15, -0.1) is 10.2 Å². The molecular formula is C19H26N6O2. The number of rotatable bonds is 5. The van der Waals surface area contributed by atoms with Crippen LogP contribution in [0.3, 0.4) is 0 Å². The van der Waals surface area contributed by atoms with Crippen molar-refractivity contribution < 1.29 is 9.53 Å². The van der Waals surface area contributed by atoms with Gasteiger partial charge in [0.25, 0.3) is 0 Å². The van der Waals surface area contributed by atoms with Crippen molar-refractivity contribution in [3.05, 3.63) is 36.9 Å². The molecule has 2 aromatic rings. The highest BCUT2D eigenvalue weighted by molar-refractivity contribution is 5.89. The van der Waals surface area contributed by atoms with Gasteiger partial charge < -0.3 is 20.3 Å². The number of urea groups is 1. The zero-order chi connectivity index (χ0) is 18.5. The molecule has 1 aromatic carbocycles. The zero-order valence-electron chi connectivity index (χ0n) is 15.4. The molecule has 0 saturated carbocycles. The van der Waals surface area contributed by atoms with Crippen molar-refractivity contribution in [2.75, 3.05) is 31.6 Å². The van der Waals surface area contributed by atoms with E-state index in [1.807, 2.05) is 24.3 Å². The van der Waals surface area contributed by atoms with E-state index in [9.17, 15) is 4.79 Å². The number of ether oxygens (including phenoxy) is 1. The minimum absolute atomic E-state index is 0.159. The Morgan fingerprint density at radius 3 is 2.74 bits per heavy atom. The van der Waals surface area contributed by atoms with Gasteiger partial charge in [0.05, 0.1) is 11.8 Å². The Morgan fingerprint density at radius 1 is 1.19 bits per heavy atom. The predicted octanol–water partition coefficient (Wildman–Crippen LogP) is 2.03. The fraction of sp³-hybridized carbons (Fsp3) is 0.526. The topological polar surface area (TPSA) is 84.3 Å². The molecule has 2 aliphatic heterocycles. The summed E-state index contributed by atoms with van der Waals surface area (Å²) in [6, 6.07) is 7.66. The number of anilines is 1. The van der Waals surface area contributed by atoms with E-state index in [1.54, 1.807) is 17.2 Å². The lowest BCUT2D eigenvalue weighted by Crippen LogP contribution is -2.47. The maximum Gasteiger partial charge on any atom is 0.319 e. The second-order valence-electron chi connectivity index (χ2n) is 7.23. The van der Waals surface area contributed by atoms with E-state index in [-0.39, 0.29) is 12.1 Å². The molecule has 144 valence electrons. The third-order valence-electron chi connectivity index (χ3n) is 5.23. The molecule has 2 fully saturated rings. The summed E-state index contributed by atoms with van der Waals surface area (Å²) in [5.41, 5.74) is 1.65. The number of amides is 2. The van der Waals surface area contributed by atoms with Gasteiger partial charge in [-0.1, -0.05) is 6.07 Å². The molecule has 0 bridgehead atoms. The molecule has 0 spiro atoms. The average molecular weight is 370 g/mol. The summed E-state index contributed by atoms with van der Waals surface area (Å²) in [6.45, 7) is 3.94. The van der Waals surface area contributed by atoms with Crippen molar-refractivity contribution in [3.63, 3.8) is 0 Å². The molecule has 1 aromatic heterocycles. The zero-order valence-corrected chi connectivity index (χ0v) is 15.4. The molecule has 0 aliphatic carbocycles. The molecule has 8 nitrogen and oxygen atoms in total. The van der Waals surface area contributed by atoms with Gasteiger partial charge in [0.15, 0.2) is 0 Å². The normalized spacial score (nSPS) is 21.3. The lowest BCUT2D eigenvalue weighted by molar-refractivity contribution is 0.0633. The predicted molar refractivity (Wildman–Crippen MR) is 102 cm³/mol. The fourth-order valence-electron chi connectivity index (χ4n) is 3.77. The number of hydrogen-bond acceptors (Lipinski definition) is 5. The maximum atomic E-state index is 12.4. The van der Waals surface area contributed by atoms with E-state index < -0.39 is 0 Å². The number of nitrogens with zero attached hydrogens (tertiary/aromatic N) is 4. The van der Waals surface area contributed by atoms with Crippen molar-refractivity contribution in [1.82, 2.24) is 25.0 Å². The van der Waals surface area contributed by atoms with Crippen LogP contribution in [0.15, 0.2) is 36.9 Å². The van der Waals surface area contributed by atoms with Crippen LogP contribution in [-0.4, -0.2) is 64.1 Å². The summed E-state index contributed by atoms with van der Waals surface area (Å²) in [4.78, 5) is 14.8. The first kappa shape index (κ1) is 17.9. The number of carbonyl (C=O) groups is 1. The van der Waals surface area contributed by atoms with Crippen LogP contribution in [0.2, 0.25) is 0 Å². The fourth-order valence-corrected chi connectivity index (χ4v) is 3.77. The average Bonchev–Trinajstić information content (AvgIpc) is 3.37. The highest BCUT2D eigenvalue weighted by Gasteiger charge is 2.24. The third kappa shape index (κ3) is 4.84. The smallest absolute Gasteiger partial charge is 0.319 e. The molecule has 3 heterocycles. The summed E-state index contributed by atoms with van der Waals surface area (Å²) in [7, 11) is 0. The number of aromatic nitrogens is 3. The molecule has 8 heteroatoms. The number of nitrogens with one attached hydrogen (secondary N) is 2. The second kappa shape index (κ2) is 8.49. The van der Waals surface area contributed by atoms with Gasteiger partial charge in [-0.3, -0.25) is 4.57 Å². The van der Waals surface area contributed by atoms with Crippen LogP contribution < -0.4 is 10.6 Å². The quantitative estimate of drug-likeness (QED) is 0.841. The van der Waals surface area contributed by atoms with E-state index in [0.717, 1.165) is 50.5 Å². The second-order valence-corrected chi connectivity index (χ2v) is 7.23. The first-order valence-electron chi connectivity index (χ1n) is 9.63. The van der Waals surface area contributed by atoms with Gasteiger partial charge in [0.1, 0.15) is 12.7 Å². The lowest BCUT2D eigenvalue weighted by Gasteiger charge is -2.33. The van der Waals surface area contributed by atoms with Crippen LogP contribution >= 0.6 is 0 Å². The minimum Gasteiger partial charge on any atom is -0.377 e. The highest BCUT2D eigenvalue weighted by atomic mass is 16.5. The number of benzene rings is 1. The summed E-state index contributed by atoms with van der Waals surface area (Å²) in [5, 5.41) is 13.6. The number of hydrogen-bond donors (Lipinski definition) is 2. The first-order chi connectivity index (χ1) is 13.3. The van der Waals surface area contributed by atoms with Crippen LogP contribution in [-0.2, 0) is 4.74 Å². The van der Waals surface area contributed by atoms with Gasteiger partial charge in [0, 0.05) is 38.0 Å². The number of piperidine rings is 1. The van der Waals surface area contributed by atoms with E-state index in [0.29, 0.717) is 6.10 Å². The van der Waals surface area contributed by atoms with E-state index in [1.165, 1.54) is 12.8 Å². The molecule has 0 unspecified atom stereocenters. The van der Waals surface area contributed by atoms with Crippen molar-refractivity contribution in [1.29, 1.82) is 0 Å². The molecular weight excluding hydrogens is 344 g/mol. The molecule has 27 heavy (non-hydrogen) atoms. The Balaban J connectivity index is 1.23. The van der Waals surface area contributed by atoms with Crippen LogP contribution in [0.1, 0.15) is 25.7 Å². The van der Waals surface area contributed by atoms with E-state index >= 15 is 0 Å². The van der Waals surface area contributed by atoms with Crippen LogP contribution in [0.25, 0.3) is 5.69 Å². The summed E-state index contributed by atoms with van der Waals surface area (Å²) >= 11 is 0. The Bertz CT molecular complexity index is 736. The Labute approximate surface area is 158 Å². The maximum absolute atomic E-state index is 12.4. The number of likely N-dealkylation sites (tertiary alicyclic amines) is 1. The van der Waals surface area contributed by atoms with Crippen molar-refractivity contribution in [3.8, 4) is 5.69 Å². The Morgan fingerprint density at radius 2 is 2.00 bits per heavy atom. The molecule has 2 saturated heterocycles. The van der Waals surface area contributed by atoms with Crippen molar-refractivity contribution in [2.45, 2.75) is 37.8 Å². The summed E-state index contributed by atoms with van der Waals surface area (Å²) in [5.74, 6) is 0. The Kier molecular flexibility index (Phi) is 5.64. The van der Waals surface area contributed by atoms with Crippen molar-refractivity contribution in [2.24, 2.45) is 0 Å². The van der Waals surface area contributed by atoms with E-state index in [2.05, 4.69) is 25.7 Å². The lowest BCUT2D eigenvalue weighted by atomic mass is 10.0. The third-order valence-corrected chi connectivity index (χ3v) is 5.23. The van der Waals surface area contributed by atoms with Gasteiger partial charge in [-0.05, 0) is 43.9 Å². The molecule has 2 amide bonds. The molecule has 0 radical (unpaired) electrons. The molecule has 2 aliphatic rings. The standard InChI is InChI=1S/C19H26N6O2/c26-19(23-16-3-1-4-17(11-16)25-13-20-21-14-25)22-15-6-8-24(9-7-15)12-18-5-2-10-27-18/h1,3-4,11,13-15,18H,2,5-10,12H2,(H2,22,23,26)/t18-/m0/s1. The van der Waals surface area contributed by atoms with Gasteiger partial charge in [-0.25, -0.2) is 4.79 Å². The van der Waals surface area contributed by atoms with Gasteiger partial charge in [0.2, 0.25) is 0 Å². The first-order valence-corrected chi connectivity index (χ1v) is 9.63. The molecule has 4 rings (SSSR count). The van der Waals surface area contributed by atoms with Crippen LogP contribution in [0.4, 0.5) is 10.5 Å². The van der Waals surface area contributed by atoms with E-state index in [4.69, 9.17) is 4.74 Å². The van der Waals surface area contributed by atoms with Crippen molar-refractivity contribution >= 4 is 11.7 Å². The summed E-state index contributed by atoms with van der Waals surface area (Å²) in [6.07, 6.45) is 7.96. The largest absolute Gasteiger partial charge is 0.377 e. The monoisotopic (exact) mass is 370 g/mol. The van der Waals surface area contributed by atoms with Crippen LogP contribution in [0.5, 0.6) is 0 Å². The van der Waals surface area contributed by atoms with Gasteiger partial charge in [-0.2, -0.15) is 0 Å². The Hall–Kier alpha value is -2.45. The molecule has 1 atom stereocenters. The SMILES string of the molecule is O=C(Nc1cccc(-n2cnnc2)c1)NC1CCN(C[C@@H]2CCCO2)CC1. The van der Waals surface area contributed by atoms with Gasteiger partial charge >= 0.3 is 6.03 Å². The highest BCUT2D eigenvalue weighted by Crippen LogP contribution is 2.18. The minimum atomic E-state index is -0.159. The molecule has 2 N–H and O–H groups in total.